The number of hydrogen-bond acceptors (Lipinski definition) is 6. The molecule has 12 heteroatoms. The predicted molar refractivity (Wildman–Crippen MR) is 136 cm³/mol. The monoisotopic (exact) mass is 548 g/mol. The number of piperazine rings is 1. The van der Waals surface area contributed by atoms with Crippen molar-refractivity contribution in [1.82, 2.24) is 14.1 Å². The van der Waals surface area contributed by atoms with Crippen LogP contribution in [0.2, 0.25) is 0 Å². The molecule has 2 aliphatic rings. The number of ether oxygens (including phenoxy) is 1. The van der Waals surface area contributed by atoms with Crippen LogP contribution in [-0.4, -0.2) is 61.0 Å². The maximum atomic E-state index is 15.0. The summed E-state index contributed by atoms with van der Waals surface area (Å²) in [5, 5.41) is 4.20. The molecule has 1 saturated heterocycles. The summed E-state index contributed by atoms with van der Waals surface area (Å²) in [6, 6.07) is 13.1. The summed E-state index contributed by atoms with van der Waals surface area (Å²) in [6.07, 6.45) is 0.764. The van der Waals surface area contributed by atoms with Crippen LogP contribution in [0, 0.1) is 5.82 Å². The molecule has 8 nitrogen and oxygen atoms in total. The van der Waals surface area contributed by atoms with Crippen molar-refractivity contribution >= 4 is 15.7 Å². The molecule has 3 unspecified atom stereocenters. The summed E-state index contributed by atoms with van der Waals surface area (Å²) in [5.74, 6) is -0.606. The number of aromatic nitrogens is 2. The van der Waals surface area contributed by atoms with Crippen molar-refractivity contribution in [3.05, 3.63) is 82.5 Å². The molecular formula is C26H27F3N4O4S. The van der Waals surface area contributed by atoms with Gasteiger partial charge in [-0.1, -0.05) is 36.4 Å². The average Bonchev–Trinajstić information content (AvgIpc) is 3.34. The van der Waals surface area contributed by atoms with Gasteiger partial charge < -0.3 is 9.64 Å². The highest BCUT2D eigenvalue weighted by atomic mass is 32.2. The largest absolute Gasteiger partial charge is 0.483 e. The summed E-state index contributed by atoms with van der Waals surface area (Å²) >= 11 is 0. The van der Waals surface area contributed by atoms with Crippen LogP contribution in [0.4, 0.5) is 18.9 Å². The van der Waals surface area contributed by atoms with E-state index in [-0.39, 0.29) is 49.6 Å². The van der Waals surface area contributed by atoms with E-state index < -0.39 is 39.2 Å². The van der Waals surface area contributed by atoms with Gasteiger partial charge in [-0.15, -0.1) is 0 Å². The minimum absolute atomic E-state index is 0.0159. The lowest BCUT2D eigenvalue weighted by Crippen LogP contribution is -2.50. The third-order valence-electron chi connectivity index (χ3n) is 6.83. The van der Waals surface area contributed by atoms with E-state index in [9.17, 15) is 26.4 Å². The summed E-state index contributed by atoms with van der Waals surface area (Å²) in [4.78, 5) is 15.2. The van der Waals surface area contributed by atoms with E-state index >= 15 is 0 Å². The van der Waals surface area contributed by atoms with Gasteiger partial charge in [-0.25, -0.2) is 21.6 Å². The summed E-state index contributed by atoms with van der Waals surface area (Å²) in [5.41, 5.74) is -2.26. The molecule has 1 aromatic heterocycles. The maximum Gasteiger partial charge on any atom is 0.316 e. The Kier molecular flexibility index (Phi) is 7.44. The van der Waals surface area contributed by atoms with Crippen molar-refractivity contribution in [1.29, 1.82) is 0 Å². The van der Waals surface area contributed by atoms with E-state index in [0.717, 1.165) is 15.1 Å². The van der Waals surface area contributed by atoms with Crippen molar-refractivity contribution < 1.29 is 26.3 Å². The second kappa shape index (κ2) is 10.8. The molecule has 0 radical (unpaired) electrons. The molecular weight excluding hydrogens is 521 g/mol. The highest BCUT2D eigenvalue weighted by Crippen LogP contribution is 2.33. The number of alkyl halides is 2. The molecule has 2 fully saturated rings. The molecule has 1 saturated carbocycles. The van der Waals surface area contributed by atoms with Gasteiger partial charge >= 0.3 is 5.56 Å². The second-order valence-corrected chi connectivity index (χ2v) is 11.3. The lowest BCUT2D eigenvalue weighted by molar-refractivity contribution is 0.193. The Morgan fingerprint density at radius 2 is 1.74 bits per heavy atom. The number of sulfonamides is 1. The first-order chi connectivity index (χ1) is 18.2. The Morgan fingerprint density at radius 1 is 1.00 bits per heavy atom. The van der Waals surface area contributed by atoms with Crippen LogP contribution in [0.1, 0.15) is 30.3 Å². The lowest BCUT2D eigenvalue weighted by Gasteiger charge is -2.36. The molecule has 2 aromatic carbocycles. The fraction of sp³-hybridized carbons (Fsp3) is 0.385. The van der Waals surface area contributed by atoms with Gasteiger partial charge in [0.15, 0.2) is 0 Å². The summed E-state index contributed by atoms with van der Waals surface area (Å²) in [6.45, 7) is 0.271. The number of anilines is 1. The number of rotatable bonds is 7. The van der Waals surface area contributed by atoms with Crippen molar-refractivity contribution in [2.45, 2.75) is 37.0 Å². The van der Waals surface area contributed by atoms with Crippen LogP contribution in [-0.2, 0) is 10.0 Å². The molecule has 0 bridgehead atoms. The van der Waals surface area contributed by atoms with E-state index in [1.54, 1.807) is 23.1 Å². The molecule has 1 aliphatic heterocycles. The van der Waals surface area contributed by atoms with Gasteiger partial charge in [0.1, 0.15) is 23.8 Å². The number of hydrogen-bond donors (Lipinski definition) is 0. The lowest BCUT2D eigenvalue weighted by atomic mass is 10.2. The minimum Gasteiger partial charge on any atom is -0.483 e. The zero-order valence-corrected chi connectivity index (χ0v) is 21.2. The third-order valence-corrected chi connectivity index (χ3v) is 8.72. The van der Waals surface area contributed by atoms with Gasteiger partial charge in [0.2, 0.25) is 11.3 Å². The molecule has 3 aromatic rings. The maximum absolute atomic E-state index is 15.0. The zero-order valence-electron chi connectivity index (χ0n) is 20.4. The van der Waals surface area contributed by atoms with Crippen LogP contribution >= 0.6 is 0 Å². The average molecular weight is 549 g/mol. The first-order valence-corrected chi connectivity index (χ1v) is 13.9. The Balaban J connectivity index is 1.40. The first-order valence-electron chi connectivity index (χ1n) is 12.4. The highest BCUT2D eigenvalue weighted by molar-refractivity contribution is 7.89. The van der Waals surface area contributed by atoms with E-state index in [2.05, 4.69) is 5.10 Å². The van der Waals surface area contributed by atoms with Gasteiger partial charge in [-0.05, 0) is 31.0 Å². The Bertz CT molecular complexity index is 1450. The van der Waals surface area contributed by atoms with Gasteiger partial charge in [0.25, 0.3) is 10.0 Å². The smallest absolute Gasteiger partial charge is 0.316 e. The Labute approximate surface area is 218 Å². The molecule has 0 spiro atoms. The summed E-state index contributed by atoms with van der Waals surface area (Å²) < 4.78 is 76.6. The van der Waals surface area contributed by atoms with E-state index in [4.69, 9.17) is 4.74 Å². The van der Waals surface area contributed by atoms with Gasteiger partial charge in [0, 0.05) is 38.2 Å². The van der Waals surface area contributed by atoms with Crippen molar-refractivity contribution in [3.8, 4) is 11.4 Å². The predicted octanol–water partition coefficient (Wildman–Crippen LogP) is 3.76. The topological polar surface area (TPSA) is 84.7 Å². The normalized spacial score (nSPS) is 21.4. The fourth-order valence-corrected chi connectivity index (χ4v) is 6.24. The molecule has 5 rings (SSSR count). The molecule has 0 amide bonds. The SMILES string of the molecule is O=c1c(OC2CCC(F)C2)c(N2CCN(S(=O)(=O)C(F)c3ccccc3)CC2)cnn1-c1cccc(F)c1. The van der Waals surface area contributed by atoms with Crippen molar-refractivity contribution in [2.24, 2.45) is 0 Å². The number of halogens is 3. The van der Waals surface area contributed by atoms with E-state index in [1.807, 2.05) is 0 Å². The van der Waals surface area contributed by atoms with Crippen LogP contribution in [0.15, 0.2) is 65.6 Å². The van der Waals surface area contributed by atoms with Crippen LogP contribution in [0.3, 0.4) is 0 Å². The van der Waals surface area contributed by atoms with Crippen molar-refractivity contribution in [2.75, 3.05) is 31.1 Å². The second-order valence-electron chi connectivity index (χ2n) is 9.36. The van der Waals surface area contributed by atoms with Crippen molar-refractivity contribution in [3.63, 3.8) is 0 Å². The molecule has 1 aliphatic carbocycles. The Morgan fingerprint density at radius 3 is 2.39 bits per heavy atom. The third kappa shape index (κ3) is 5.28. The molecule has 2 heterocycles. The highest BCUT2D eigenvalue weighted by Gasteiger charge is 2.36. The fourth-order valence-electron chi connectivity index (χ4n) is 4.81. The van der Waals surface area contributed by atoms with Gasteiger partial charge in [-0.3, -0.25) is 4.79 Å². The quantitative estimate of drug-likeness (QED) is 0.447. The number of nitrogens with zero attached hydrogens (tertiary/aromatic N) is 4. The zero-order chi connectivity index (χ0) is 26.9. The van der Waals surface area contributed by atoms with Crippen LogP contribution in [0.25, 0.3) is 5.69 Å². The van der Waals surface area contributed by atoms with Crippen LogP contribution < -0.4 is 15.2 Å². The van der Waals surface area contributed by atoms with Crippen LogP contribution in [0.5, 0.6) is 5.75 Å². The minimum atomic E-state index is -4.26. The van der Waals surface area contributed by atoms with E-state index in [1.165, 1.54) is 36.5 Å². The van der Waals surface area contributed by atoms with Gasteiger partial charge in [-0.2, -0.15) is 14.1 Å². The first kappa shape index (κ1) is 26.2. The van der Waals surface area contributed by atoms with E-state index in [0.29, 0.717) is 18.5 Å². The number of benzene rings is 2. The standard InChI is InChI=1S/C26H27F3N4O4S/c27-19-7-4-8-21(15-19)33-26(34)24(37-22-10-9-20(28)16-22)23(17-30-33)31-11-13-32(14-12-31)38(35,36)25(29)18-5-2-1-3-6-18/h1-8,15,17,20,22,25H,9-14,16H2. The Hall–Kier alpha value is -3.38. The molecule has 0 N–H and O–H groups in total. The molecule has 3 atom stereocenters. The molecule has 38 heavy (non-hydrogen) atoms. The summed E-state index contributed by atoms with van der Waals surface area (Å²) in [7, 11) is -4.26. The molecule has 202 valence electrons. The van der Waals surface area contributed by atoms with Gasteiger partial charge in [0.05, 0.1) is 11.9 Å².